The number of hydrogen-bond donors (Lipinski definition) is 3. The van der Waals surface area contributed by atoms with Crippen molar-refractivity contribution in [2.75, 3.05) is 25.1 Å². The Morgan fingerprint density at radius 2 is 1.89 bits per heavy atom. The van der Waals surface area contributed by atoms with Crippen LogP contribution in [0.5, 0.6) is 0 Å². The number of nitrogens with two attached hydrogens (primary N) is 1. The van der Waals surface area contributed by atoms with E-state index in [1.807, 2.05) is 0 Å². The summed E-state index contributed by atoms with van der Waals surface area (Å²) in [5.74, 6) is -2.80. The van der Waals surface area contributed by atoms with Crippen LogP contribution in [0.4, 0.5) is 14.5 Å². The second kappa shape index (κ2) is 5.93. The molecule has 6 nitrogen and oxygen atoms in total. The first-order valence-electron chi connectivity index (χ1n) is 5.18. The lowest BCUT2D eigenvalue weighted by molar-refractivity contribution is 0.0950. The van der Waals surface area contributed by atoms with Crippen LogP contribution in [-0.4, -0.2) is 33.7 Å². The Morgan fingerprint density at radius 3 is 2.47 bits per heavy atom. The third kappa shape index (κ3) is 4.79. The number of carbonyl (C=O) groups excluding carboxylic acids is 1. The minimum absolute atomic E-state index is 0.0388. The zero-order valence-corrected chi connectivity index (χ0v) is 10.9. The van der Waals surface area contributed by atoms with Crippen molar-refractivity contribution < 1.29 is 22.0 Å². The second-order valence-electron chi connectivity index (χ2n) is 3.78. The van der Waals surface area contributed by atoms with Gasteiger partial charge in [-0.2, -0.15) is 0 Å². The van der Waals surface area contributed by atoms with Crippen molar-refractivity contribution in [1.82, 2.24) is 10.0 Å². The van der Waals surface area contributed by atoms with Crippen LogP contribution < -0.4 is 15.8 Å². The monoisotopic (exact) mass is 293 g/mol. The molecule has 19 heavy (non-hydrogen) atoms. The van der Waals surface area contributed by atoms with Crippen molar-refractivity contribution >= 4 is 21.6 Å². The van der Waals surface area contributed by atoms with Crippen LogP contribution in [0.1, 0.15) is 10.4 Å². The maximum Gasteiger partial charge on any atom is 0.254 e. The number of carbonyl (C=O) groups is 1. The van der Waals surface area contributed by atoms with Crippen LogP contribution in [0.3, 0.4) is 0 Å². The molecule has 0 heterocycles. The maximum atomic E-state index is 13.3. The molecule has 1 aromatic rings. The molecular formula is C10H13F2N3O3S. The van der Waals surface area contributed by atoms with Gasteiger partial charge in [0.15, 0.2) is 0 Å². The van der Waals surface area contributed by atoms with Crippen LogP contribution in [0, 0.1) is 11.6 Å². The molecule has 0 bridgehead atoms. The van der Waals surface area contributed by atoms with Gasteiger partial charge in [0.05, 0.1) is 17.5 Å². The minimum Gasteiger partial charge on any atom is -0.396 e. The highest BCUT2D eigenvalue weighted by molar-refractivity contribution is 7.88. The largest absolute Gasteiger partial charge is 0.396 e. The summed E-state index contributed by atoms with van der Waals surface area (Å²) in [6.45, 7) is -0.0779. The quantitative estimate of drug-likeness (QED) is 0.518. The topological polar surface area (TPSA) is 101 Å². The van der Waals surface area contributed by atoms with Crippen molar-refractivity contribution in [2.24, 2.45) is 0 Å². The van der Waals surface area contributed by atoms with E-state index in [2.05, 4.69) is 10.0 Å². The fourth-order valence-corrected chi connectivity index (χ4v) is 1.72. The number of benzene rings is 1. The molecule has 0 spiro atoms. The number of anilines is 1. The van der Waals surface area contributed by atoms with Gasteiger partial charge in [-0.15, -0.1) is 0 Å². The fraction of sp³-hybridized carbons (Fsp3) is 0.300. The number of nitrogens with one attached hydrogen (secondary N) is 2. The molecule has 0 aliphatic heterocycles. The van der Waals surface area contributed by atoms with Gasteiger partial charge in [-0.25, -0.2) is 21.9 Å². The average molecular weight is 293 g/mol. The molecule has 4 N–H and O–H groups in total. The van der Waals surface area contributed by atoms with E-state index < -0.39 is 33.1 Å². The molecule has 1 aromatic carbocycles. The van der Waals surface area contributed by atoms with Gasteiger partial charge >= 0.3 is 0 Å². The first-order chi connectivity index (χ1) is 8.70. The summed E-state index contributed by atoms with van der Waals surface area (Å²) < 4.78 is 49.8. The van der Waals surface area contributed by atoms with Gasteiger partial charge in [0, 0.05) is 19.2 Å². The van der Waals surface area contributed by atoms with E-state index >= 15 is 0 Å². The van der Waals surface area contributed by atoms with Gasteiger partial charge < -0.3 is 11.1 Å². The molecule has 0 unspecified atom stereocenters. The summed E-state index contributed by atoms with van der Waals surface area (Å²) in [5.41, 5.74) is 4.48. The van der Waals surface area contributed by atoms with Crippen molar-refractivity contribution in [2.45, 2.75) is 0 Å². The standard InChI is InChI=1S/C10H13F2N3O3S/c1-19(17,18)15-3-2-14-10(16)6-4-9(13)8(12)5-7(6)11/h4-5,15H,2-3,13H2,1H3,(H,14,16). The SMILES string of the molecule is CS(=O)(=O)NCCNC(=O)c1cc(N)c(F)cc1F. The van der Waals surface area contributed by atoms with Crippen molar-refractivity contribution in [3.05, 3.63) is 29.3 Å². The summed E-state index contributed by atoms with van der Waals surface area (Å²) >= 11 is 0. The molecule has 0 aromatic heterocycles. The summed E-state index contributed by atoms with van der Waals surface area (Å²) in [6, 6.07) is 1.39. The highest BCUT2D eigenvalue weighted by atomic mass is 32.2. The lowest BCUT2D eigenvalue weighted by Crippen LogP contribution is -2.34. The van der Waals surface area contributed by atoms with Crippen LogP contribution >= 0.6 is 0 Å². The predicted octanol–water partition coefficient (Wildman–Crippen LogP) is -0.174. The number of amides is 1. The van der Waals surface area contributed by atoms with Crippen molar-refractivity contribution in [3.8, 4) is 0 Å². The van der Waals surface area contributed by atoms with Gasteiger partial charge in [0.2, 0.25) is 10.0 Å². The number of sulfonamides is 1. The van der Waals surface area contributed by atoms with E-state index in [4.69, 9.17) is 5.73 Å². The normalized spacial score (nSPS) is 11.3. The molecule has 0 fully saturated rings. The van der Waals surface area contributed by atoms with E-state index in [0.717, 1.165) is 12.3 Å². The zero-order chi connectivity index (χ0) is 14.6. The third-order valence-electron chi connectivity index (χ3n) is 2.11. The van der Waals surface area contributed by atoms with E-state index in [1.54, 1.807) is 0 Å². The molecule has 0 radical (unpaired) electrons. The smallest absolute Gasteiger partial charge is 0.254 e. The Kier molecular flexibility index (Phi) is 4.78. The molecule has 0 aliphatic rings. The van der Waals surface area contributed by atoms with Gasteiger partial charge in [-0.1, -0.05) is 0 Å². The Morgan fingerprint density at radius 1 is 1.26 bits per heavy atom. The first kappa shape index (κ1) is 15.3. The lowest BCUT2D eigenvalue weighted by atomic mass is 10.1. The number of rotatable bonds is 5. The third-order valence-corrected chi connectivity index (χ3v) is 2.83. The molecule has 9 heteroatoms. The summed E-state index contributed by atoms with van der Waals surface area (Å²) in [6.07, 6.45) is 0.967. The van der Waals surface area contributed by atoms with Gasteiger partial charge in [-0.05, 0) is 6.07 Å². The minimum atomic E-state index is -3.35. The summed E-state index contributed by atoms with van der Waals surface area (Å²) in [7, 11) is -3.35. The van der Waals surface area contributed by atoms with E-state index in [-0.39, 0.29) is 18.8 Å². The molecule has 1 rings (SSSR count). The number of nitrogen functional groups attached to an aromatic ring is 1. The van der Waals surface area contributed by atoms with Crippen LogP contribution in [0.15, 0.2) is 12.1 Å². The van der Waals surface area contributed by atoms with Gasteiger partial charge in [-0.3, -0.25) is 4.79 Å². The summed E-state index contributed by atoms with van der Waals surface area (Å²) in [5, 5.41) is 2.28. The molecule has 1 amide bonds. The maximum absolute atomic E-state index is 13.3. The van der Waals surface area contributed by atoms with Gasteiger partial charge in [0.1, 0.15) is 11.6 Å². The van der Waals surface area contributed by atoms with E-state index in [1.165, 1.54) is 0 Å². The second-order valence-corrected chi connectivity index (χ2v) is 5.61. The molecule has 0 aliphatic carbocycles. The van der Waals surface area contributed by atoms with Crippen molar-refractivity contribution in [3.63, 3.8) is 0 Å². The number of halogens is 2. The molecule has 106 valence electrons. The van der Waals surface area contributed by atoms with E-state index in [9.17, 15) is 22.0 Å². The molecule has 0 saturated carbocycles. The van der Waals surface area contributed by atoms with Gasteiger partial charge in [0.25, 0.3) is 5.91 Å². The van der Waals surface area contributed by atoms with Crippen molar-refractivity contribution in [1.29, 1.82) is 0 Å². The van der Waals surface area contributed by atoms with Crippen LogP contribution in [0.2, 0.25) is 0 Å². The average Bonchev–Trinajstić information content (AvgIpc) is 2.28. The summed E-state index contributed by atoms with van der Waals surface area (Å²) in [4.78, 5) is 11.5. The lowest BCUT2D eigenvalue weighted by Gasteiger charge is -2.07. The zero-order valence-electron chi connectivity index (χ0n) is 10.0. The van der Waals surface area contributed by atoms with E-state index in [0.29, 0.717) is 6.07 Å². The van der Waals surface area contributed by atoms with Crippen LogP contribution in [-0.2, 0) is 10.0 Å². The Hall–Kier alpha value is -1.74. The Labute approximate surface area is 109 Å². The Bertz CT molecular complexity index is 590. The first-order valence-corrected chi connectivity index (χ1v) is 7.07. The molecular weight excluding hydrogens is 280 g/mol. The highest BCUT2D eigenvalue weighted by Gasteiger charge is 2.14. The molecule has 0 atom stereocenters. The van der Waals surface area contributed by atoms with Crippen LogP contribution in [0.25, 0.3) is 0 Å². The fourth-order valence-electron chi connectivity index (χ4n) is 1.25. The molecule has 0 saturated heterocycles. The Balaban J connectivity index is 2.62. The highest BCUT2D eigenvalue weighted by Crippen LogP contribution is 2.16. The number of hydrogen-bond acceptors (Lipinski definition) is 4. The predicted molar refractivity (Wildman–Crippen MR) is 66.0 cm³/mol.